The number of aromatic nitrogens is 1. The molecule has 0 aliphatic carbocycles. The van der Waals surface area contributed by atoms with E-state index in [1.54, 1.807) is 12.3 Å². The molecule has 0 aromatic carbocycles. The first-order valence-corrected chi connectivity index (χ1v) is 2.64. The lowest BCUT2D eigenvalue weighted by Gasteiger charge is -1.87. The van der Waals surface area contributed by atoms with Crippen LogP contribution in [0.5, 0.6) is 0 Å². The van der Waals surface area contributed by atoms with Crippen molar-refractivity contribution in [3.05, 3.63) is 40.8 Å². The molecule has 0 spiro atoms. The van der Waals surface area contributed by atoms with Gasteiger partial charge in [0.15, 0.2) is 5.43 Å². The summed E-state index contributed by atoms with van der Waals surface area (Å²) in [6.07, 6.45) is 3.20. The average Bonchev–Trinajstić information content (AvgIpc) is 1.88. The Morgan fingerprint density at radius 3 is 2.89 bits per heavy atom. The van der Waals surface area contributed by atoms with Crippen molar-refractivity contribution in [1.82, 2.24) is 4.98 Å². The molecule has 0 aliphatic rings. The second-order valence-electron chi connectivity index (χ2n) is 1.68. The van der Waals surface area contributed by atoms with E-state index in [2.05, 4.69) is 11.6 Å². The molecule has 9 heavy (non-hydrogen) atoms. The van der Waals surface area contributed by atoms with Gasteiger partial charge < -0.3 is 4.98 Å². The summed E-state index contributed by atoms with van der Waals surface area (Å²) in [5.41, 5.74) is 0.756. The van der Waals surface area contributed by atoms with E-state index in [0.29, 0.717) is 0 Å². The number of hydrogen-bond donors (Lipinski definition) is 1. The van der Waals surface area contributed by atoms with E-state index in [0.717, 1.165) is 5.69 Å². The summed E-state index contributed by atoms with van der Waals surface area (Å²) in [7, 11) is 0. The van der Waals surface area contributed by atoms with Gasteiger partial charge in [-0.2, -0.15) is 0 Å². The minimum absolute atomic E-state index is 0.00338. The van der Waals surface area contributed by atoms with Crippen molar-refractivity contribution in [2.24, 2.45) is 0 Å². The van der Waals surface area contributed by atoms with E-state index >= 15 is 0 Å². The van der Waals surface area contributed by atoms with E-state index in [1.165, 1.54) is 12.1 Å². The first-order valence-electron chi connectivity index (χ1n) is 2.64. The lowest BCUT2D eigenvalue weighted by molar-refractivity contribution is 1.27. The third-order valence-electron chi connectivity index (χ3n) is 1.02. The zero-order chi connectivity index (χ0) is 6.69. The van der Waals surface area contributed by atoms with E-state index in [4.69, 9.17) is 0 Å². The Bertz CT molecular complexity index is 262. The Morgan fingerprint density at radius 1 is 1.67 bits per heavy atom. The molecule has 1 aromatic rings. The van der Waals surface area contributed by atoms with Crippen molar-refractivity contribution >= 4 is 6.08 Å². The van der Waals surface area contributed by atoms with E-state index in [1.807, 2.05) is 0 Å². The minimum Gasteiger partial charge on any atom is -0.361 e. The third kappa shape index (κ3) is 1.29. The summed E-state index contributed by atoms with van der Waals surface area (Å²) in [5.74, 6) is 0. The van der Waals surface area contributed by atoms with Crippen LogP contribution < -0.4 is 5.43 Å². The number of H-pyrrole nitrogens is 1. The van der Waals surface area contributed by atoms with Crippen LogP contribution in [0, 0.1) is 0 Å². The van der Waals surface area contributed by atoms with Crippen LogP contribution >= 0.6 is 0 Å². The maximum atomic E-state index is 10.6. The van der Waals surface area contributed by atoms with Crippen molar-refractivity contribution in [2.45, 2.75) is 0 Å². The lowest BCUT2D eigenvalue weighted by Crippen LogP contribution is -1.96. The zero-order valence-electron chi connectivity index (χ0n) is 4.92. The standard InChI is InChI=1S/C7H7NO/c1-2-6-5-7(9)3-4-8-6/h2-5H,1H2,(H,8,9). The molecule has 1 rings (SSSR count). The molecular weight excluding hydrogens is 114 g/mol. The van der Waals surface area contributed by atoms with E-state index < -0.39 is 0 Å². The maximum Gasteiger partial charge on any atom is 0.182 e. The Morgan fingerprint density at radius 2 is 2.44 bits per heavy atom. The first kappa shape index (κ1) is 5.82. The quantitative estimate of drug-likeness (QED) is 0.591. The van der Waals surface area contributed by atoms with Crippen LogP contribution in [-0.4, -0.2) is 4.98 Å². The van der Waals surface area contributed by atoms with Crippen LogP contribution in [0.3, 0.4) is 0 Å². The largest absolute Gasteiger partial charge is 0.361 e. The highest BCUT2D eigenvalue weighted by atomic mass is 16.1. The molecule has 0 radical (unpaired) electrons. The van der Waals surface area contributed by atoms with Crippen LogP contribution in [0.25, 0.3) is 6.08 Å². The minimum atomic E-state index is 0.00338. The van der Waals surface area contributed by atoms with Crippen molar-refractivity contribution in [3.8, 4) is 0 Å². The molecule has 0 atom stereocenters. The average molecular weight is 121 g/mol. The number of rotatable bonds is 1. The van der Waals surface area contributed by atoms with Gasteiger partial charge in [0.1, 0.15) is 0 Å². The van der Waals surface area contributed by atoms with Crippen LogP contribution in [0.1, 0.15) is 5.69 Å². The monoisotopic (exact) mass is 121 g/mol. The maximum absolute atomic E-state index is 10.6. The smallest absolute Gasteiger partial charge is 0.182 e. The molecule has 0 saturated heterocycles. The molecule has 2 nitrogen and oxygen atoms in total. The van der Waals surface area contributed by atoms with Crippen molar-refractivity contribution in [2.75, 3.05) is 0 Å². The van der Waals surface area contributed by atoms with Gasteiger partial charge in [0.2, 0.25) is 0 Å². The molecule has 0 saturated carbocycles. The fraction of sp³-hybridized carbons (Fsp3) is 0. The normalized spacial score (nSPS) is 8.89. The van der Waals surface area contributed by atoms with E-state index in [-0.39, 0.29) is 5.43 Å². The predicted octanol–water partition coefficient (Wildman–Crippen LogP) is 1.02. The summed E-state index contributed by atoms with van der Waals surface area (Å²) in [6, 6.07) is 2.96. The molecule has 1 N–H and O–H groups in total. The molecule has 0 bridgehead atoms. The lowest BCUT2D eigenvalue weighted by atomic mass is 10.3. The van der Waals surface area contributed by atoms with Gasteiger partial charge in [0, 0.05) is 24.0 Å². The highest BCUT2D eigenvalue weighted by molar-refractivity contribution is 5.40. The Hall–Kier alpha value is -1.31. The number of hydrogen-bond acceptors (Lipinski definition) is 1. The fourth-order valence-electron chi connectivity index (χ4n) is 0.581. The molecule has 1 aromatic heterocycles. The molecule has 0 amide bonds. The topological polar surface area (TPSA) is 32.9 Å². The number of aromatic amines is 1. The first-order chi connectivity index (χ1) is 4.33. The number of pyridine rings is 1. The summed E-state index contributed by atoms with van der Waals surface area (Å²) in [5, 5.41) is 0. The van der Waals surface area contributed by atoms with Crippen LogP contribution in [0.15, 0.2) is 29.7 Å². The van der Waals surface area contributed by atoms with Gasteiger partial charge in [-0.3, -0.25) is 4.79 Å². The highest BCUT2D eigenvalue weighted by Crippen LogP contribution is 1.87. The third-order valence-corrected chi connectivity index (χ3v) is 1.02. The number of nitrogens with one attached hydrogen (secondary N) is 1. The summed E-state index contributed by atoms with van der Waals surface area (Å²) < 4.78 is 0. The zero-order valence-corrected chi connectivity index (χ0v) is 4.92. The van der Waals surface area contributed by atoms with Crippen LogP contribution in [-0.2, 0) is 0 Å². The summed E-state index contributed by atoms with van der Waals surface area (Å²) >= 11 is 0. The highest BCUT2D eigenvalue weighted by Gasteiger charge is 1.82. The van der Waals surface area contributed by atoms with Gasteiger partial charge in [0.25, 0.3) is 0 Å². The summed E-state index contributed by atoms with van der Waals surface area (Å²) in [6.45, 7) is 3.50. The SMILES string of the molecule is C=Cc1cc(=O)cc[nH]1. The fourth-order valence-corrected chi connectivity index (χ4v) is 0.581. The molecule has 1 heterocycles. The molecule has 46 valence electrons. The molecule has 2 heteroatoms. The van der Waals surface area contributed by atoms with Crippen molar-refractivity contribution in [3.63, 3.8) is 0 Å². The van der Waals surface area contributed by atoms with Crippen LogP contribution in [0.4, 0.5) is 0 Å². The van der Waals surface area contributed by atoms with E-state index in [9.17, 15) is 4.79 Å². The van der Waals surface area contributed by atoms with Gasteiger partial charge in [0.05, 0.1) is 0 Å². The summed E-state index contributed by atoms with van der Waals surface area (Å²) in [4.78, 5) is 13.4. The molecule has 0 fully saturated rings. The van der Waals surface area contributed by atoms with Crippen molar-refractivity contribution in [1.29, 1.82) is 0 Å². The van der Waals surface area contributed by atoms with Gasteiger partial charge in [-0.05, 0) is 6.08 Å². The Balaban J connectivity index is 3.23. The van der Waals surface area contributed by atoms with Gasteiger partial charge in [-0.25, -0.2) is 0 Å². The Kier molecular flexibility index (Phi) is 1.49. The van der Waals surface area contributed by atoms with Crippen molar-refractivity contribution < 1.29 is 0 Å². The van der Waals surface area contributed by atoms with Gasteiger partial charge in [-0.1, -0.05) is 6.58 Å². The molecule has 0 aliphatic heterocycles. The Labute approximate surface area is 52.9 Å². The predicted molar refractivity (Wildman–Crippen MR) is 37.2 cm³/mol. The molecular formula is C7H7NO. The van der Waals surface area contributed by atoms with Crippen LogP contribution in [0.2, 0.25) is 0 Å². The van der Waals surface area contributed by atoms with Gasteiger partial charge >= 0.3 is 0 Å². The van der Waals surface area contributed by atoms with Gasteiger partial charge in [-0.15, -0.1) is 0 Å². The second kappa shape index (κ2) is 2.31. The second-order valence-corrected chi connectivity index (χ2v) is 1.68. The molecule has 0 unspecified atom stereocenters.